The minimum Gasteiger partial charge on any atom is -0.307 e. The van der Waals surface area contributed by atoms with Crippen LogP contribution in [0.1, 0.15) is 17.4 Å². The summed E-state index contributed by atoms with van der Waals surface area (Å²) in [6.07, 6.45) is 1.49. The third-order valence-corrected chi connectivity index (χ3v) is 2.41. The van der Waals surface area contributed by atoms with Crippen LogP contribution in [0.2, 0.25) is 5.02 Å². The van der Waals surface area contributed by atoms with Gasteiger partial charge in [-0.1, -0.05) is 23.7 Å². The number of nitrogens with zero attached hydrogens (tertiary/aromatic N) is 2. The van der Waals surface area contributed by atoms with E-state index < -0.39 is 0 Å². The van der Waals surface area contributed by atoms with Crippen LogP contribution in [0.15, 0.2) is 30.6 Å². The van der Waals surface area contributed by atoms with Gasteiger partial charge in [-0.3, -0.25) is 5.10 Å². The highest BCUT2D eigenvalue weighted by atomic mass is 35.5. The summed E-state index contributed by atoms with van der Waals surface area (Å²) in [6.45, 7) is 0. The van der Waals surface area contributed by atoms with Crippen LogP contribution in [0.5, 0.6) is 0 Å². The number of aromatic nitrogens is 3. The Hall–Kier alpha value is -1.39. The number of nitrogens with one attached hydrogen (secondary N) is 2. The summed E-state index contributed by atoms with van der Waals surface area (Å²) in [6, 6.07) is 7.66. The molecule has 2 N–H and O–H groups in total. The maximum atomic E-state index is 5.93. The molecule has 0 aliphatic heterocycles. The molecule has 0 saturated heterocycles. The van der Waals surface area contributed by atoms with Gasteiger partial charge in [0, 0.05) is 5.02 Å². The fourth-order valence-corrected chi connectivity index (χ4v) is 1.70. The Labute approximate surface area is 92.7 Å². The van der Waals surface area contributed by atoms with Gasteiger partial charge in [0.15, 0.2) is 0 Å². The molecule has 0 aliphatic rings. The molecule has 2 rings (SSSR count). The molecule has 0 radical (unpaired) electrons. The summed E-state index contributed by atoms with van der Waals surface area (Å²) in [7, 11) is 1.87. The van der Waals surface area contributed by atoms with Crippen molar-refractivity contribution < 1.29 is 0 Å². The van der Waals surface area contributed by atoms with E-state index in [-0.39, 0.29) is 6.04 Å². The molecule has 0 spiro atoms. The monoisotopic (exact) mass is 222 g/mol. The number of benzene rings is 1. The van der Waals surface area contributed by atoms with E-state index in [4.69, 9.17) is 11.6 Å². The van der Waals surface area contributed by atoms with Crippen molar-refractivity contribution in [3.8, 4) is 0 Å². The van der Waals surface area contributed by atoms with Crippen molar-refractivity contribution in [3.05, 3.63) is 47.0 Å². The number of halogens is 1. The molecular weight excluding hydrogens is 212 g/mol. The van der Waals surface area contributed by atoms with Crippen molar-refractivity contribution >= 4 is 11.6 Å². The topological polar surface area (TPSA) is 53.6 Å². The molecule has 0 fully saturated rings. The van der Waals surface area contributed by atoms with Gasteiger partial charge in [-0.05, 0) is 24.7 Å². The highest BCUT2D eigenvalue weighted by Gasteiger charge is 2.14. The van der Waals surface area contributed by atoms with Gasteiger partial charge in [-0.2, -0.15) is 5.10 Å². The van der Waals surface area contributed by atoms with Crippen LogP contribution in [0.3, 0.4) is 0 Å². The summed E-state index contributed by atoms with van der Waals surface area (Å²) in [5, 5.41) is 10.5. The molecule has 1 aromatic heterocycles. The molecule has 1 heterocycles. The Morgan fingerprint density at radius 3 is 2.93 bits per heavy atom. The number of aromatic amines is 1. The van der Waals surface area contributed by atoms with E-state index in [0.29, 0.717) is 5.02 Å². The predicted molar refractivity (Wildman–Crippen MR) is 58.7 cm³/mol. The van der Waals surface area contributed by atoms with Crippen LogP contribution in [0.25, 0.3) is 0 Å². The SMILES string of the molecule is CNC(c1cccc(Cl)c1)c1ncn[nH]1. The number of rotatable bonds is 3. The lowest BCUT2D eigenvalue weighted by molar-refractivity contribution is 0.650. The lowest BCUT2D eigenvalue weighted by Crippen LogP contribution is -2.19. The first kappa shape index (κ1) is 10.1. The van der Waals surface area contributed by atoms with Gasteiger partial charge in [-0.25, -0.2) is 4.98 Å². The van der Waals surface area contributed by atoms with Crippen LogP contribution in [0, 0.1) is 0 Å². The summed E-state index contributed by atoms with van der Waals surface area (Å²) in [5.41, 5.74) is 1.06. The van der Waals surface area contributed by atoms with Crippen LogP contribution < -0.4 is 5.32 Å². The second-order valence-corrected chi connectivity index (χ2v) is 3.58. The molecule has 0 aliphatic carbocycles. The number of hydrogen-bond acceptors (Lipinski definition) is 3. The fraction of sp³-hybridized carbons (Fsp3) is 0.200. The van der Waals surface area contributed by atoms with E-state index in [1.807, 2.05) is 31.3 Å². The Kier molecular flexibility index (Phi) is 2.99. The molecule has 4 nitrogen and oxygen atoms in total. The van der Waals surface area contributed by atoms with Gasteiger partial charge >= 0.3 is 0 Å². The molecule has 0 saturated carbocycles. The fourth-order valence-electron chi connectivity index (χ4n) is 1.50. The summed E-state index contributed by atoms with van der Waals surface area (Å²) < 4.78 is 0. The normalized spacial score (nSPS) is 12.7. The summed E-state index contributed by atoms with van der Waals surface area (Å²) >= 11 is 5.93. The van der Waals surface area contributed by atoms with Gasteiger partial charge in [0.1, 0.15) is 12.2 Å². The Balaban J connectivity index is 2.35. The van der Waals surface area contributed by atoms with Crippen LogP contribution >= 0.6 is 11.6 Å². The number of H-pyrrole nitrogens is 1. The van der Waals surface area contributed by atoms with Gasteiger partial charge < -0.3 is 5.32 Å². The molecule has 15 heavy (non-hydrogen) atoms. The van der Waals surface area contributed by atoms with Crippen LogP contribution in [-0.2, 0) is 0 Å². The van der Waals surface area contributed by atoms with E-state index in [1.54, 1.807) is 0 Å². The Morgan fingerprint density at radius 2 is 2.33 bits per heavy atom. The first-order valence-electron chi connectivity index (χ1n) is 4.59. The molecule has 1 unspecified atom stereocenters. The average molecular weight is 223 g/mol. The third-order valence-electron chi connectivity index (χ3n) is 2.18. The molecule has 1 aromatic carbocycles. The molecule has 5 heteroatoms. The average Bonchev–Trinajstić information content (AvgIpc) is 2.72. The maximum absolute atomic E-state index is 5.93. The summed E-state index contributed by atoms with van der Waals surface area (Å²) in [5.74, 6) is 0.778. The zero-order valence-corrected chi connectivity index (χ0v) is 8.99. The first-order valence-corrected chi connectivity index (χ1v) is 4.97. The van der Waals surface area contributed by atoms with E-state index >= 15 is 0 Å². The maximum Gasteiger partial charge on any atom is 0.145 e. The van der Waals surface area contributed by atoms with E-state index in [1.165, 1.54) is 6.33 Å². The van der Waals surface area contributed by atoms with Gasteiger partial charge in [0.2, 0.25) is 0 Å². The number of hydrogen-bond donors (Lipinski definition) is 2. The second kappa shape index (κ2) is 4.42. The molecule has 0 amide bonds. The highest BCUT2D eigenvalue weighted by molar-refractivity contribution is 6.30. The second-order valence-electron chi connectivity index (χ2n) is 3.15. The van der Waals surface area contributed by atoms with Gasteiger partial charge in [0.25, 0.3) is 0 Å². The van der Waals surface area contributed by atoms with Gasteiger partial charge in [0.05, 0.1) is 6.04 Å². The molecule has 0 bridgehead atoms. The Morgan fingerprint density at radius 1 is 1.47 bits per heavy atom. The molecule has 2 aromatic rings. The quantitative estimate of drug-likeness (QED) is 0.832. The van der Waals surface area contributed by atoms with Crippen molar-refractivity contribution in [1.82, 2.24) is 20.5 Å². The lowest BCUT2D eigenvalue weighted by atomic mass is 10.1. The van der Waals surface area contributed by atoms with Crippen molar-refractivity contribution in [1.29, 1.82) is 0 Å². The first-order chi connectivity index (χ1) is 7.31. The lowest BCUT2D eigenvalue weighted by Gasteiger charge is -2.13. The zero-order chi connectivity index (χ0) is 10.7. The van der Waals surface area contributed by atoms with Crippen molar-refractivity contribution in [2.75, 3.05) is 7.05 Å². The van der Waals surface area contributed by atoms with Gasteiger partial charge in [-0.15, -0.1) is 0 Å². The smallest absolute Gasteiger partial charge is 0.145 e. The van der Waals surface area contributed by atoms with Crippen LogP contribution in [-0.4, -0.2) is 22.2 Å². The Bertz CT molecular complexity index is 427. The minimum atomic E-state index is -0.00815. The highest BCUT2D eigenvalue weighted by Crippen LogP contribution is 2.20. The van der Waals surface area contributed by atoms with E-state index in [0.717, 1.165) is 11.4 Å². The van der Waals surface area contributed by atoms with Crippen molar-refractivity contribution in [3.63, 3.8) is 0 Å². The third kappa shape index (κ3) is 2.16. The molecular formula is C10H11ClN4. The van der Waals surface area contributed by atoms with Crippen molar-refractivity contribution in [2.24, 2.45) is 0 Å². The van der Waals surface area contributed by atoms with E-state index in [2.05, 4.69) is 20.5 Å². The molecule has 78 valence electrons. The predicted octanol–water partition coefficient (Wildman–Crippen LogP) is 1.77. The minimum absolute atomic E-state index is 0.00815. The zero-order valence-electron chi connectivity index (χ0n) is 8.24. The summed E-state index contributed by atoms with van der Waals surface area (Å²) in [4.78, 5) is 4.12. The van der Waals surface area contributed by atoms with Crippen molar-refractivity contribution in [2.45, 2.75) is 6.04 Å². The van der Waals surface area contributed by atoms with Crippen LogP contribution in [0.4, 0.5) is 0 Å². The standard InChI is InChI=1S/C10H11ClN4/c1-12-9(10-13-6-14-15-10)7-3-2-4-8(11)5-7/h2-6,9,12H,1H3,(H,13,14,15). The van der Waals surface area contributed by atoms with E-state index in [9.17, 15) is 0 Å². The largest absolute Gasteiger partial charge is 0.307 e. The molecule has 1 atom stereocenters.